The van der Waals surface area contributed by atoms with Crippen LogP contribution in [0.25, 0.3) is 0 Å². The van der Waals surface area contributed by atoms with Gasteiger partial charge in [-0.15, -0.1) is 0 Å². The fourth-order valence-electron chi connectivity index (χ4n) is 4.15. The number of amides is 1. The number of rotatable bonds is 6. The summed E-state index contributed by atoms with van der Waals surface area (Å²) in [6.45, 7) is 2.27. The maximum atomic E-state index is 13.2. The molecule has 1 atom stereocenters. The Hall–Kier alpha value is -3.21. The molecule has 0 bridgehead atoms. The van der Waals surface area contributed by atoms with E-state index in [9.17, 15) is 9.59 Å². The van der Waals surface area contributed by atoms with Crippen LogP contribution in [0.3, 0.4) is 0 Å². The number of nitrogens with one attached hydrogen (secondary N) is 1. The van der Waals surface area contributed by atoms with Crippen molar-refractivity contribution in [3.8, 4) is 0 Å². The maximum absolute atomic E-state index is 13.2. The molecule has 0 spiro atoms. The Morgan fingerprint density at radius 3 is 2.23 bits per heavy atom. The first kappa shape index (κ1) is 20.1. The third-order valence-corrected chi connectivity index (χ3v) is 5.64. The van der Waals surface area contributed by atoms with E-state index in [-0.39, 0.29) is 17.5 Å². The van der Waals surface area contributed by atoms with Gasteiger partial charge < -0.3 is 5.32 Å². The molecule has 1 aliphatic rings. The van der Waals surface area contributed by atoms with E-state index in [2.05, 4.69) is 10.4 Å². The van der Waals surface area contributed by atoms with Crippen LogP contribution in [-0.4, -0.2) is 21.7 Å². The van der Waals surface area contributed by atoms with Crippen LogP contribution in [-0.2, 0) is 24.2 Å². The van der Waals surface area contributed by atoms with Gasteiger partial charge in [-0.25, -0.2) is 4.68 Å². The van der Waals surface area contributed by atoms with Gasteiger partial charge in [0.15, 0.2) is 0 Å². The largest absolute Gasteiger partial charge is 0.351 e. The lowest BCUT2D eigenvalue weighted by Crippen LogP contribution is -2.41. The van der Waals surface area contributed by atoms with Gasteiger partial charge in [0.2, 0.25) is 5.91 Å². The standard InChI is InChI=1S/C25H27N3O2/c1-18(17-28-23(29)16-21-14-8-9-15-22(21)27-28)26-25(30)24(19-10-4-2-5-11-19)20-12-6-3-7-13-20/h2-7,10-13,16,18,24H,8-9,14-15,17H2,1H3,(H,26,30)/t18-/m0/s1. The normalized spacial score (nSPS) is 14.2. The molecule has 0 fully saturated rings. The molecule has 0 saturated heterocycles. The number of carbonyl (C=O) groups excluding carboxylic acids is 1. The van der Waals surface area contributed by atoms with Crippen molar-refractivity contribution >= 4 is 5.91 Å². The van der Waals surface area contributed by atoms with Gasteiger partial charge in [-0.2, -0.15) is 5.10 Å². The molecule has 1 aliphatic carbocycles. The SMILES string of the molecule is C[C@@H](Cn1nc2c(cc1=O)CCCC2)NC(=O)C(c1ccccc1)c1ccccc1. The minimum Gasteiger partial charge on any atom is -0.351 e. The lowest BCUT2D eigenvalue weighted by atomic mass is 9.90. The van der Waals surface area contributed by atoms with Crippen LogP contribution in [0.4, 0.5) is 0 Å². The number of hydrogen-bond donors (Lipinski definition) is 1. The summed E-state index contributed by atoms with van der Waals surface area (Å²) in [5, 5.41) is 7.67. The minimum absolute atomic E-state index is 0.0779. The van der Waals surface area contributed by atoms with Crippen molar-refractivity contribution in [2.45, 2.75) is 51.1 Å². The van der Waals surface area contributed by atoms with Crippen LogP contribution in [0.5, 0.6) is 0 Å². The second-order valence-electron chi connectivity index (χ2n) is 8.01. The molecule has 5 heteroatoms. The number of aromatic nitrogens is 2. The Morgan fingerprint density at radius 1 is 1.00 bits per heavy atom. The highest BCUT2D eigenvalue weighted by Crippen LogP contribution is 2.25. The van der Waals surface area contributed by atoms with Crippen LogP contribution in [0.1, 0.15) is 48.1 Å². The van der Waals surface area contributed by atoms with Crippen LogP contribution >= 0.6 is 0 Å². The third kappa shape index (κ3) is 4.51. The van der Waals surface area contributed by atoms with E-state index < -0.39 is 5.92 Å². The zero-order valence-corrected chi connectivity index (χ0v) is 17.3. The maximum Gasteiger partial charge on any atom is 0.267 e. The molecule has 4 rings (SSSR count). The molecule has 30 heavy (non-hydrogen) atoms. The van der Waals surface area contributed by atoms with E-state index in [4.69, 9.17) is 0 Å². The van der Waals surface area contributed by atoms with E-state index in [1.54, 1.807) is 6.07 Å². The molecule has 154 valence electrons. The molecule has 0 radical (unpaired) electrons. The average molecular weight is 402 g/mol. The van der Waals surface area contributed by atoms with Gasteiger partial charge >= 0.3 is 0 Å². The van der Waals surface area contributed by atoms with Crippen molar-refractivity contribution in [3.05, 3.63) is 99.5 Å². The quantitative estimate of drug-likeness (QED) is 0.688. The van der Waals surface area contributed by atoms with E-state index in [0.29, 0.717) is 6.54 Å². The second-order valence-corrected chi connectivity index (χ2v) is 8.01. The first-order chi connectivity index (χ1) is 14.6. The number of fused-ring (bicyclic) bond motifs is 1. The van der Waals surface area contributed by atoms with Crippen molar-refractivity contribution < 1.29 is 4.79 Å². The summed E-state index contributed by atoms with van der Waals surface area (Å²) in [6.07, 6.45) is 4.08. The molecular formula is C25H27N3O2. The van der Waals surface area contributed by atoms with Gasteiger partial charge in [0, 0.05) is 12.1 Å². The molecular weight excluding hydrogens is 374 g/mol. The molecule has 1 amide bonds. The van der Waals surface area contributed by atoms with Gasteiger partial charge in [0.1, 0.15) is 0 Å². The molecule has 0 saturated carbocycles. The summed E-state index contributed by atoms with van der Waals surface area (Å²) in [7, 11) is 0. The molecule has 5 nitrogen and oxygen atoms in total. The number of aryl methyl sites for hydroxylation is 2. The predicted molar refractivity (Wildman–Crippen MR) is 117 cm³/mol. The summed E-state index contributed by atoms with van der Waals surface area (Å²) >= 11 is 0. The lowest BCUT2D eigenvalue weighted by Gasteiger charge is -2.22. The van der Waals surface area contributed by atoms with Crippen molar-refractivity contribution in [1.29, 1.82) is 0 Å². The van der Waals surface area contributed by atoms with Gasteiger partial charge in [-0.05, 0) is 49.3 Å². The monoisotopic (exact) mass is 401 g/mol. The molecule has 1 N–H and O–H groups in total. The van der Waals surface area contributed by atoms with E-state index in [1.165, 1.54) is 4.68 Å². The molecule has 0 unspecified atom stereocenters. The summed E-state index contributed by atoms with van der Waals surface area (Å²) < 4.78 is 1.50. The highest BCUT2D eigenvalue weighted by atomic mass is 16.2. The van der Waals surface area contributed by atoms with Crippen molar-refractivity contribution in [1.82, 2.24) is 15.1 Å². The molecule has 1 heterocycles. The fraction of sp³-hybridized carbons (Fsp3) is 0.320. The number of carbonyl (C=O) groups is 1. The zero-order chi connectivity index (χ0) is 20.9. The van der Waals surface area contributed by atoms with Gasteiger partial charge in [0.25, 0.3) is 5.56 Å². The van der Waals surface area contributed by atoms with Gasteiger partial charge in [-0.1, -0.05) is 60.7 Å². The minimum atomic E-state index is -0.400. The first-order valence-corrected chi connectivity index (χ1v) is 10.6. The number of nitrogens with zero attached hydrogens (tertiary/aromatic N) is 2. The lowest BCUT2D eigenvalue weighted by molar-refractivity contribution is -0.122. The first-order valence-electron chi connectivity index (χ1n) is 10.6. The van der Waals surface area contributed by atoms with Crippen molar-refractivity contribution in [2.75, 3.05) is 0 Å². The molecule has 1 aromatic heterocycles. The van der Waals surface area contributed by atoms with Crippen LogP contribution < -0.4 is 10.9 Å². The van der Waals surface area contributed by atoms with E-state index in [1.807, 2.05) is 67.6 Å². The topological polar surface area (TPSA) is 64.0 Å². The Kier molecular flexibility index (Phi) is 6.07. The summed E-state index contributed by atoms with van der Waals surface area (Å²) in [5.41, 5.74) is 3.88. The van der Waals surface area contributed by atoms with Crippen molar-refractivity contribution in [3.63, 3.8) is 0 Å². The highest BCUT2D eigenvalue weighted by Gasteiger charge is 2.24. The Morgan fingerprint density at radius 2 is 1.60 bits per heavy atom. The summed E-state index contributed by atoms with van der Waals surface area (Å²) in [4.78, 5) is 25.7. The average Bonchev–Trinajstić information content (AvgIpc) is 2.76. The second kappa shape index (κ2) is 9.08. The predicted octanol–water partition coefficient (Wildman–Crippen LogP) is 3.46. The Labute approximate surface area is 176 Å². The summed E-state index contributed by atoms with van der Waals surface area (Å²) in [6, 6.07) is 21.0. The fourth-order valence-corrected chi connectivity index (χ4v) is 4.15. The van der Waals surface area contributed by atoms with Crippen LogP contribution in [0.15, 0.2) is 71.5 Å². The van der Waals surface area contributed by atoms with E-state index >= 15 is 0 Å². The van der Waals surface area contributed by atoms with Gasteiger partial charge in [-0.3, -0.25) is 9.59 Å². The summed E-state index contributed by atoms with van der Waals surface area (Å²) in [5.74, 6) is -0.478. The van der Waals surface area contributed by atoms with Crippen LogP contribution in [0.2, 0.25) is 0 Å². The third-order valence-electron chi connectivity index (χ3n) is 5.64. The van der Waals surface area contributed by atoms with Crippen LogP contribution in [0, 0.1) is 0 Å². The Bertz CT molecular complexity index is 1020. The molecule has 0 aliphatic heterocycles. The number of hydrogen-bond acceptors (Lipinski definition) is 3. The smallest absolute Gasteiger partial charge is 0.267 e. The number of benzene rings is 2. The highest BCUT2D eigenvalue weighted by molar-refractivity contribution is 5.87. The van der Waals surface area contributed by atoms with Gasteiger partial charge in [0.05, 0.1) is 18.2 Å². The van der Waals surface area contributed by atoms with Crippen molar-refractivity contribution in [2.24, 2.45) is 0 Å². The Balaban J connectivity index is 1.52. The van der Waals surface area contributed by atoms with E-state index in [0.717, 1.165) is 48.1 Å². The molecule has 2 aromatic carbocycles. The zero-order valence-electron chi connectivity index (χ0n) is 17.3. The molecule has 3 aromatic rings.